The predicted molar refractivity (Wildman–Crippen MR) is 62.2 cm³/mol. The molecule has 0 bridgehead atoms. The van der Waals surface area contributed by atoms with E-state index in [1.165, 1.54) is 6.07 Å². The molecule has 1 unspecified atom stereocenters. The number of rotatable bonds is 6. The highest BCUT2D eigenvalue weighted by Crippen LogP contribution is 2.46. The highest BCUT2D eigenvalue weighted by Gasteiger charge is 2.34. The zero-order valence-electron chi connectivity index (χ0n) is 9.28. The fourth-order valence-corrected chi connectivity index (χ4v) is 2.16. The van der Waals surface area contributed by atoms with Crippen LogP contribution >= 0.6 is 7.60 Å². The predicted octanol–water partition coefficient (Wildman–Crippen LogP) is 1.58. The maximum atomic E-state index is 11.7. The van der Waals surface area contributed by atoms with Crippen LogP contribution in [0.4, 0.5) is 0 Å². The van der Waals surface area contributed by atoms with Crippen molar-refractivity contribution in [1.29, 1.82) is 0 Å². The van der Waals surface area contributed by atoms with Crippen molar-refractivity contribution in [2.45, 2.75) is 19.0 Å². The first-order valence-corrected chi connectivity index (χ1v) is 6.70. The highest BCUT2D eigenvalue weighted by molar-refractivity contribution is 7.56. The van der Waals surface area contributed by atoms with Crippen molar-refractivity contribution in [3.8, 4) is 5.75 Å². The van der Waals surface area contributed by atoms with Crippen LogP contribution in [-0.4, -0.2) is 23.1 Å². The molecular weight excluding hydrogens is 243 g/mol. The second-order valence-electron chi connectivity index (χ2n) is 3.38. The van der Waals surface area contributed by atoms with E-state index < -0.39 is 13.3 Å². The second-order valence-corrected chi connectivity index (χ2v) is 5.29. The molecule has 1 N–H and O–H groups in total. The Morgan fingerprint density at radius 3 is 2.47 bits per heavy atom. The van der Waals surface area contributed by atoms with Gasteiger partial charge < -0.3 is 19.0 Å². The molecule has 0 fully saturated rings. The van der Waals surface area contributed by atoms with Gasteiger partial charge in [-0.25, -0.2) is 4.57 Å². The minimum Gasteiger partial charge on any atom is -0.423 e. The Bertz CT molecular complexity index is 449. The lowest BCUT2D eigenvalue weighted by atomic mass is 10.1. The minimum absolute atomic E-state index is 0.113. The maximum absolute atomic E-state index is 11.7. The monoisotopic (exact) mass is 256 g/mol. The van der Waals surface area contributed by atoms with E-state index in [-0.39, 0.29) is 18.3 Å². The summed E-state index contributed by atoms with van der Waals surface area (Å²) in [5, 5.41) is 0. The fraction of sp³-hybridized carbons (Fsp3) is 0.273. The third-order valence-corrected chi connectivity index (χ3v) is 3.69. The lowest BCUT2D eigenvalue weighted by molar-refractivity contribution is -0.114. The Hall–Kier alpha value is -1.45. The van der Waals surface area contributed by atoms with Gasteiger partial charge in [0.25, 0.3) is 0 Å². The van der Waals surface area contributed by atoms with Gasteiger partial charge in [-0.15, -0.1) is 0 Å². The molecule has 92 valence electrons. The molecule has 5 nitrogen and oxygen atoms in total. The lowest BCUT2D eigenvalue weighted by Crippen LogP contribution is -2.15. The fourth-order valence-electron chi connectivity index (χ4n) is 1.27. The Morgan fingerprint density at radius 2 is 1.94 bits per heavy atom. The molecule has 1 rings (SSSR count). The van der Waals surface area contributed by atoms with Gasteiger partial charge >= 0.3 is 7.60 Å². The molecule has 6 heteroatoms. The lowest BCUT2D eigenvalue weighted by Gasteiger charge is -2.16. The Labute approximate surface area is 98.9 Å². The van der Waals surface area contributed by atoms with Gasteiger partial charge in [-0.1, -0.05) is 25.1 Å². The van der Waals surface area contributed by atoms with Crippen LogP contribution in [-0.2, 0) is 20.6 Å². The average Bonchev–Trinajstić information content (AvgIpc) is 2.30. The Kier molecular flexibility index (Phi) is 4.61. The van der Waals surface area contributed by atoms with Crippen LogP contribution in [0.1, 0.15) is 12.5 Å². The summed E-state index contributed by atoms with van der Waals surface area (Å²) in [6.07, 6.45) is 0.841. The third kappa shape index (κ3) is 3.25. The summed E-state index contributed by atoms with van der Waals surface area (Å²) in [4.78, 5) is 30.5. The van der Waals surface area contributed by atoms with Crippen LogP contribution in [0.15, 0.2) is 24.3 Å². The quantitative estimate of drug-likeness (QED) is 0.474. The number of carbonyl (C=O) groups excluding carboxylic acids is 2. The van der Waals surface area contributed by atoms with Crippen molar-refractivity contribution in [2.75, 3.05) is 0 Å². The minimum atomic E-state index is -4.30. The van der Waals surface area contributed by atoms with Gasteiger partial charge in [0, 0.05) is 0 Å². The number of hydrogen-bond acceptors (Lipinski definition) is 4. The normalized spacial score (nSPS) is 14.1. The summed E-state index contributed by atoms with van der Waals surface area (Å²) in [7, 11) is -4.30. The van der Waals surface area contributed by atoms with Gasteiger partial charge in [0.05, 0.1) is 0 Å². The van der Waals surface area contributed by atoms with Crippen LogP contribution in [0.25, 0.3) is 0 Å². The Morgan fingerprint density at radius 1 is 1.35 bits per heavy atom. The van der Waals surface area contributed by atoms with Crippen molar-refractivity contribution < 1.29 is 23.6 Å². The van der Waals surface area contributed by atoms with Gasteiger partial charge in [0.2, 0.25) is 0 Å². The van der Waals surface area contributed by atoms with Crippen LogP contribution in [0.5, 0.6) is 5.75 Å². The van der Waals surface area contributed by atoms with Crippen molar-refractivity contribution >= 4 is 20.2 Å². The summed E-state index contributed by atoms with van der Waals surface area (Å²) >= 11 is 0. The smallest absolute Gasteiger partial charge is 0.393 e. The SMILES string of the molecule is CCc1ccccc1OP(=O)(O)C(C=O)C=O. The van der Waals surface area contributed by atoms with Gasteiger partial charge in [-0.05, 0) is 18.1 Å². The molecule has 0 aliphatic rings. The van der Waals surface area contributed by atoms with Crippen molar-refractivity contribution in [2.24, 2.45) is 0 Å². The molecule has 1 aromatic rings. The first-order valence-electron chi connectivity index (χ1n) is 5.05. The number of para-hydroxylation sites is 1. The van der Waals surface area contributed by atoms with Crippen LogP contribution < -0.4 is 4.52 Å². The van der Waals surface area contributed by atoms with Gasteiger partial charge in [0.1, 0.15) is 18.3 Å². The Balaban J connectivity index is 3.00. The highest BCUT2D eigenvalue weighted by atomic mass is 31.2. The van der Waals surface area contributed by atoms with E-state index in [0.717, 1.165) is 5.56 Å². The largest absolute Gasteiger partial charge is 0.423 e. The number of aryl methyl sites for hydroxylation is 1. The summed E-state index contributed by atoms with van der Waals surface area (Å²) in [6.45, 7) is 1.86. The molecule has 0 aliphatic heterocycles. The second kappa shape index (κ2) is 5.75. The maximum Gasteiger partial charge on any atom is 0.393 e. The van der Waals surface area contributed by atoms with Crippen LogP contribution in [0.3, 0.4) is 0 Å². The number of carbonyl (C=O) groups is 2. The van der Waals surface area contributed by atoms with Gasteiger partial charge in [0.15, 0.2) is 5.66 Å². The number of benzene rings is 1. The van der Waals surface area contributed by atoms with E-state index in [1.54, 1.807) is 18.2 Å². The number of aldehydes is 2. The van der Waals surface area contributed by atoms with Crippen molar-refractivity contribution in [3.63, 3.8) is 0 Å². The van der Waals surface area contributed by atoms with E-state index in [9.17, 15) is 19.0 Å². The molecule has 0 amide bonds. The molecular formula is C11H13O5P. The summed E-state index contributed by atoms with van der Waals surface area (Å²) in [5.41, 5.74) is -0.912. The standard InChI is InChI=1S/C11H13O5P/c1-2-9-5-3-4-6-11(9)16-17(14,15)10(7-12)8-13/h3-8,10H,2H2,1H3,(H,14,15). The molecule has 0 spiro atoms. The molecule has 0 radical (unpaired) electrons. The molecule has 1 aromatic carbocycles. The van der Waals surface area contributed by atoms with Crippen LogP contribution in [0.2, 0.25) is 0 Å². The topological polar surface area (TPSA) is 80.7 Å². The molecule has 0 aliphatic carbocycles. The zero-order valence-corrected chi connectivity index (χ0v) is 10.2. The molecule has 1 atom stereocenters. The van der Waals surface area contributed by atoms with Crippen molar-refractivity contribution in [1.82, 2.24) is 0 Å². The first-order chi connectivity index (χ1) is 8.05. The summed E-state index contributed by atoms with van der Waals surface area (Å²) < 4.78 is 16.6. The third-order valence-electron chi connectivity index (χ3n) is 2.24. The molecule has 17 heavy (non-hydrogen) atoms. The first kappa shape index (κ1) is 13.6. The van der Waals surface area contributed by atoms with Gasteiger partial charge in [-0.2, -0.15) is 0 Å². The zero-order chi connectivity index (χ0) is 12.9. The van der Waals surface area contributed by atoms with E-state index in [1.807, 2.05) is 6.92 Å². The molecule has 0 heterocycles. The van der Waals surface area contributed by atoms with E-state index in [2.05, 4.69) is 0 Å². The molecule has 0 aromatic heterocycles. The van der Waals surface area contributed by atoms with E-state index in [0.29, 0.717) is 6.42 Å². The van der Waals surface area contributed by atoms with E-state index >= 15 is 0 Å². The van der Waals surface area contributed by atoms with Gasteiger partial charge in [-0.3, -0.25) is 0 Å². The summed E-state index contributed by atoms with van der Waals surface area (Å²) in [6, 6.07) is 6.68. The van der Waals surface area contributed by atoms with Crippen LogP contribution in [0, 0.1) is 0 Å². The number of hydrogen-bond donors (Lipinski definition) is 1. The summed E-state index contributed by atoms with van der Waals surface area (Å²) in [5.74, 6) is 0.217. The average molecular weight is 256 g/mol. The molecule has 0 saturated heterocycles. The van der Waals surface area contributed by atoms with E-state index in [4.69, 9.17) is 4.52 Å². The van der Waals surface area contributed by atoms with Crippen molar-refractivity contribution in [3.05, 3.63) is 29.8 Å². The molecule has 0 saturated carbocycles.